The molecule has 1 aromatic carbocycles. The molecule has 0 bridgehead atoms. The molecule has 21 heavy (non-hydrogen) atoms. The molecule has 0 amide bonds. The molecule has 3 atom stereocenters. The van der Waals surface area contributed by atoms with Gasteiger partial charge in [-0.1, -0.05) is 36.4 Å². The van der Waals surface area contributed by atoms with Crippen LogP contribution in [0.1, 0.15) is 30.6 Å². The van der Waals surface area contributed by atoms with Crippen LogP contribution in [0.3, 0.4) is 0 Å². The molecule has 2 aromatic rings. The zero-order chi connectivity index (χ0) is 14.7. The molecule has 1 aliphatic rings. The lowest BCUT2D eigenvalue weighted by Gasteiger charge is -2.28. The van der Waals surface area contributed by atoms with Gasteiger partial charge in [0.25, 0.3) is 0 Å². The van der Waals surface area contributed by atoms with Crippen molar-refractivity contribution in [3.63, 3.8) is 0 Å². The molecule has 3 nitrogen and oxygen atoms in total. The van der Waals surface area contributed by atoms with Gasteiger partial charge in [-0.3, -0.25) is 9.88 Å². The molecule has 0 saturated carbocycles. The molecule has 2 heterocycles. The summed E-state index contributed by atoms with van der Waals surface area (Å²) in [5.41, 5.74) is 8.52. The molecule has 0 spiro atoms. The Kier molecular flexibility index (Phi) is 4.32. The first-order chi connectivity index (χ1) is 10.3. The van der Waals surface area contributed by atoms with E-state index in [1.807, 2.05) is 12.3 Å². The van der Waals surface area contributed by atoms with Gasteiger partial charge in [-0.2, -0.15) is 0 Å². The molecule has 110 valence electrons. The van der Waals surface area contributed by atoms with E-state index in [0.717, 1.165) is 18.8 Å². The molecule has 3 unspecified atom stereocenters. The van der Waals surface area contributed by atoms with Crippen LogP contribution in [0.2, 0.25) is 0 Å². The zero-order valence-electron chi connectivity index (χ0n) is 12.5. The van der Waals surface area contributed by atoms with E-state index < -0.39 is 0 Å². The van der Waals surface area contributed by atoms with Gasteiger partial charge in [0.2, 0.25) is 0 Å². The van der Waals surface area contributed by atoms with Gasteiger partial charge in [-0.25, -0.2) is 0 Å². The van der Waals surface area contributed by atoms with Crippen molar-refractivity contribution in [1.29, 1.82) is 0 Å². The summed E-state index contributed by atoms with van der Waals surface area (Å²) in [7, 11) is 0. The lowest BCUT2D eigenvalue weighted by atomic mass is 10.00. The second-order valence-electron chi connectivity index (χ2n) is 5.97. The number of benzene rings is 1. The number of nitrogens with two attached hydrogens (primary N) is 1. The van der Waals surface area contributed by atoms with Crippen molar-refractivity contribution in [2.24, 2.45) is 11.7 Å². The summed E-state index contributed by atoms with van der Waals surface area (Å²) in [6.45, 7) is 4.25. The Hall–Kier alpha value is -1.71. The van der Waals surface area contributed by atoms with Gasteiger partial charge in [0.05, 0.1) is 11.7 Å². The Morgan fingerprint density at radius 2 is 1.90 bits per heavy atom. The molecule has 0 aliphatic carbocycles. The van der Waals surface area contributed by atoms with Crippen LogP contribution in [0.15, 0.2) is 54.7 Å². The third kappa shape index (κ3) is 3.14. The first kappa shape index (κ1) is 14.2. The average molecular weight is 281 g/mol. The van der Waals surface area contributed by atoms with E-state index in [1.165, 1.54) is 12.0 Å². The van der Waals surface area contributed by atoms with Crippen molar-refractivity contribution in [1.82, 2.24) is 9.88 Å². The van der Waals surface area contributed by atoms with E-state index in [4.69, 9.17) is 5.73 Å². The van der Waals surface area contributed by atoms with Crippen LogP contribution in [0, 0.1) is 5.92 Å². The first-order valence-electron chi connectivity index (χ1n) is 7.71. The third-order valence-electron chi connectivity index (χ3n) is 4.45. The second kappa shape index (κ2) is 6.37. The number of hydrogen-bond donors (Lipinski definition) is 1. The highest BCUT2D eigenvalue weighted by atomic mass is 15.2. The van der Waals surface area contributed by atoms with Crippen LogP contribution >= 0.6 is 0 Å². The summed E-state index contributed by atoms with van der Waals surface area (Å²) in [6, 6.07) is 17.3. The minimum absolute atomic E-state index is 0.233. The van der Waals surface area contributed by atoms with Crippen LogP contribution < -0.4 is 5.73 Å². The van der Waals surface area contributed by atoms with Crippen molar-refractivity contribution in [3.8, 4) is 0 Å². The summed E-state index contributed by atoms with van der Waals surface area (Å²) in [6.07, 6.45) is 3.05. The summed E-state index contributed by atoms with van der Waals surface area (Å²) in [4.78, 5) is 7.12. The number of likely N-dealkylation sites (tertiary alicyclic amines) is 1. The number of nitrogens with zero attached hydrogens (tertiary/aromatic N) is 2. The highest BCUT2D eigenvalue weighted by Crippen LogP contribution is 2.32. The van der Waals surface area contributed by atoms with Gasteiger partial charge >= 0.3 is 0 Å². The normalized spacial score (nSPS) is 22.1. The summed E-state index contributed by atoms with van der Waals surface area (Å²) in [5, 5.41) is 0. The van der Waals surface area contributed by atoms with Crippen molar-refractivity contribution in [2.75, 3.05) is 13.1 Å². The first-order valence-corrected chi connectivity index (χ1v) is 7.71. The summed E-state index contributed by atoms with van der Waals surface area (Å²) >= 11 is 0. The third-order valence-corrected chi connectivity index (χ3v) is 4.45. The van der Waals surface area contributed by atoms with Gasteiger partial charge < -0.3 is 5.73 Å². The van der Waals surface area contributed by atoms with Gasteiger partial charge in [-0.05, 0) is 43.5 Å². The number of hydrogen-bond acceptors (Lipinski definition) is 3. The molecule has 2 N–H and O–H groups in total. The average Bonchev–Trinajstić information content (AvgIpc) is 3.00. The van der Waals surface area contributed by atoms with E-state index in [0.29, 0.717) is 5.92 Å². The van der Waals surface area contributed by atoms with Crippen LogP contribution in [-0.4, -0.2) is 29.0 Å². The van der Waals surface area contributed by atoms with Crippen molar-refractivity contribution < 1.29 is 0 Å². The maximum Gasteiger partial charge on any atom is 0.0776 e. The number of pyridine rings is 1. The monoisotopic (exact) mass is 281 g/mol. The van der Waals surface area contributed by atoms with E-state index in [9.17, 15) is 0 Å². The van der Waals surface area contributed by atoms with Crippen LogP contribution in [-0.2, 0) is 0 Å². The Morgan fingerprint density at radius 3 is 2.52 bits per heavy atom. The van der Waals surface area contributed by atoms with Gasteiger partial charge in [0, 0.05) is 18.8 Å². The molecule has 1 saturated heterocycles. The fourth-order valence-corrected chi connectivity index (χ4v) is 3.22. The molecular formula is C18H23N3. The van der Waals surface area contributed by atoms with Crippen LogP contribution in [0.25, 0.3) is 0 Å². The predicted molar refractivity (Wildman–Crippen MR) is 85.9 cm³/mol. The Morgan fingerprint density at radius 1 is 1.14 bits per heavy atom. The van der Waals surface area contributed by atoms with Gasteiger partial charge in [0.15, 0.2) is 0 Å². The molecule has 1 aromatic heterocycles. The molecule has 0 radical (unpaired) electrons. The van der Waals surface area contributed by atoms with E-state index in [1.54, 1.807) is 0 Å². The highest BCUT2D eigenvalue weighted by molar-refractivity contribution is 5.28. The zero-order valence-corrected chi connectivity index (χ0v) is 12.5. The Labute approximate surface area is 126 Å². The predicted octanol–water partition coefficient (Wildman–Crippen LogP) is 2.84. The Bertz CT molecular complexity index is 514. The SMILES string of the molecule is CC(N)C1CCN(C(c2ccccc2)c2ccccn2)C1. The largest absolute Gasteiger partial charge is 0.328 e. The molecule has 3 rings (SSSR count). The molecule has 3 heteroatoms. The van der Waals surface area contributed by atoms with E-state index in [2.05, 4.69) is 59.3 Å². The molecule has 1 fully saturated rings. The fraction of sp³-hybridized carbons (Fsp3) is 0.389. The minimum atomic E-state index is 0.233. The fourth-order valence-electron chi connectivity index (χ4n) is 3.22. The molecular weight excluding hydrogens is 258 g/mol. The van der Waals surface area contributed by atoms with E-state index >= 15 is 0 Å². The Balaban J connectivity index is 1.91. The topological polar surface area (TPSA) is 42.1 Å². The molecule has 1 aliphatic heterocycles. The van der Waals surface area contributed by atoms with Crippen LogP contribution in [0.5, 0.6) is 0 Å². The van der Waals surface area contributed by atoms with Gasteiger partial charge in [0.1, 0.15) is 0 Å². The minimum Gasteiger partial charge on any atom is -0.328 e. The standard InChI is InChI=1S/C18H23N3/c1-14(19)16-10-12-21(13-16)18(15-7-3-2-4-8-15)17-9-5-6-11-20-17/h2-9,11,14,16,18H,10,12-13,19H2,1H3. The van der Waals surface area contributed by atoms with Crippen LogP contribution in [0.4, 0.5) is 0 Å². The number of aromatic nitrogens is 1. The summed E-state index contributed by atoms with van der Waals surface area (Å²) in [5.74, 6) is 0.583. The van der Waals surface area contributed by atoms with Gasteiger partial charge in [-0.15, -0.1) is 0 Å². The maximum atomic E-state index is 6.10. The van der Waals surface area contributed by atoms with Crippen molar-refractivity contribution in [3.05, 3.63) is 66.0 Å². The lowest BCUT2D eigenvalue weighted by Crippen LogP contribution is -2.32. The quantitative estimate of drug-likeness (QED) is 0.937. The smallest absolute Gasteiger partial charge is 0.0776 e. The van der Waals surface area contributed by atoms with E-state index in [-0.39, 0.29) is 12.1 Å². The summed E-state index contributed by atoms with van der Waals surface area (Å²) < 4.78 is 0. The van der Waals surface area contributed by atoms with Crippen molar-refractivity contribution >= 4 is 0 Å². The van der Waals surface area contributed by atoms with Crippen molar-refractivity contribution in [2.45, 2.75) is 25.4 Å². The maximum absolute atomic E-state index is 6.10. The highest BCUT2D eigenvalue weighted by Gasteiger charge is 2.32. The number of rotatable bonds is 4. The second-order valence-corrected chi connectivity index (χ2v) is 5.97. The lowest BCUT2D eigenvalue weighted by molar-refractivity contribution is 0.260.